The highest BCUT2D eigenvalue weighted by Crippen LogP contribution is 2.22. The molecule has 1 unspecified atom stereocenters. The van der Waals surface area contributed by atoms with Crippen molar-refractivity contribution in [3.05, 3.63) is 45.7 Å². The molecule has 0 radical (unpaired) electrons. The van der Waals surface area contributed by atoms with Crippen LogP contribution in [-0.4, -0.2) is 9.97 Å². The largest absolute Gasteiger partial charge is 0.323 e. The molecule has 2 rings (SSSR count). The standard InChI is InChI=1S/C12H15N3S/c1-8-4-3-5-14-11(8)6-10(13)12-7-15-9(2)16-12/h3-5,7,10H,6,13H2,1-2H3. The molecule has 3 nitrogen and oxygen atoms in total. The van der Waals surface area contributed by atoms with Gasteiger partial charge in [-0.25, -0.2) is 4.98 Å². The number of pyridine rings is 1. The highest BCUT2D eigenvalue weighted by Gasteiger charge is 2.11. The molecule has 2 N–H and O–H groups in total. The van der Waals surface area contributed by atoms with Crippen LogP contribution in [0.5, 0.6) is 0 Å². The van der Waals surface area contributed by atoms with Gasteiger partial charge in [-0.15, -0.1) is 11.3 Å². The van der Waals surface area contributed by atoms with E-state index in [0.717, 1.165) is 22.0 Å². The van der Waals surface area contributed by atoms with Crippen molar-refractivity contribution in [3.8, 4) is 0 Å². The van der Waals surface area contributed by atoms with E-state index >= 15 is 0 Å². The number of hydrogen-bond acceptors (Lipinski definition) is 4. The Kier molecular flexibility index (Phi) is 3.31. The van der Waals surface area contributed by atoms with E-state index < -0.39 is 0 Å². The average molecular weight is 233 g/mol. The van der Waals surface area contributed by atoms with E-state index in [1.165, 1.54) is 5.56 Å². The molecule has 0 aliphatic carbocycles. The maximum atomic E-state index is 6.14. The molecular formula is C12H15N3S. The van der Waals surface area contributed by atoms with Crippen molar-refractivity contribution in [1.29, 1.82) is 0 Å². The molecule has 0 bridgehead atoms. The summed E-state index contributed by atoms with van der Waals surface area (Å²) < 4.78 is 0. The summed E-state index contributed by atoms with van der Waals surface area (Å²) in [5.74, 6) is 0. The summed E-state index contributed by atoms with van der Waals surface area (Å²) in [5, 5.41) is 1.06. The second-order valence-corrected chi connectivity index (χ2v) is 5.13. The Hall–Kier alpha value is -1.26. The van der Waals surface area contributed by atoms with E-state index in [2.05, 4.69) is 23.0 Å². The minimum atomic E-state index is -0.000185. The summed E-state index contributed by atoms with van der Waals surface area (Å²) >= 11 is 1.66. The number of thiazole rings is 1. The van der Waals surface area contributed by atoms with Crippen molar-refractivity contribution >= 4 is 11.3 Å². The van der Waals surface area contributed by atoms with Crippen LogP contribution in [-0.2, 0) is 6.42 Å². The fourth-order valence-electron chi connectivity index (χ4n) is 1.59. The van der Waals surface area contributed by atoms with Gasteiger partial charge >= 0.3 is 0 Å². The Morgan fingerprint density at radius 1 is 1.38 bits per heavy atom. The van der Waals surface area contributed by atoms with E-state index in [-0.39, 0.29) is 6.04 Å². The zero-order valence-corrected chi connectivity index (χ0v) is 10.3. The number of aryl methyl sites for hydroxylation is 2. The first-order valence-electron chi connectivity index (χ1n) is 5.25. The molecule has 4 heteroatoms. The minimum absolute atomic E-state index is 0.000185. The normalized spacial score (nSPS) is 12.7. The van der Waals surface area contributed by atoms with Crippen LogP contribution in [0, 0.1) is 13.8 Å². The van der Waals surface area contributed by atoms with E-state index in [4.69, 9.17) is 5.73 Å². The summed E-state index contributed by atoms with van der Waals surface area (Å²) in [4.78, 5) is 9.70. The lowest BCUT2D eigenvalue weighted by atomic mass is 10.1. The van der Waals surface area contributed by atoms with Crippen molar-refractivity contribution in [3.63, 3.8) is 0 Å². The lowest BCUT2D eigenvalue weighted by molar-refractivity contribution is 0.714. The van der Waals surface area contributed by atoms with Gasteiger partial charge in [0.2, 0.25) is 0 Å². The summed E-state index contributed by atoms with van der Waals surface area (Å²) in [5.41, 5.74) is 8.40. The van der Waals surface area contributed by atoms with Crippen molar-refractivity contribution in [2.75, 3.05) is 0 Å². The molecule has 0 saturated heterocycles. The lowest BCUT2D eigenvalue weighted by Crippen LogP contribution is -2.13. The van der Waals surface area contributed by atoms with Crippen molar-refractivity contribution < 1.29 is 0 Å². The lowest BCUT2D eigenvalue weighted by Gasteiger charge is -2.10. The molecule has 16 heavy (non-hydrogen) atoms. The molecule has 2 aromatic rings. The first-order valence-corrected chi connectivity index (χ1v) is 6.07. The highest BCUT2D eigenvalue weighted by molar-refractivity contribution is 7.11. The van der Waals surface area contributed by atoms with Crippen LogP contribution in [0.4, 0.5) is 0 Å². The fourth-order valence-corrected chi connectivity index (χ4v) is 2.38. The third-order valence-corrected chi connectivity index (χ3v) is 3.58. The average Bonchev–Trinajstić information content (AvgIpc) is 2.68. The topological polar surface area (TPSA) is 51.8 Å². The van der Waals surface area contributed by atoms with Gasteiger partial charge in [-0.2, -0.15) is 0 Å². The van der Waals surface area contributed by atoms with E-state index in [0.29, 0.717) is 0 Å². The SMILES string of the molecule is Cc1ncc(C(N)Cc2ncccc2C)s1. The molecular weight excluding hydrogens is 218 g/mol. The van der Waals surface area contributed by atoms with Crippen LogP contribution in [0.3, 0.4) is 0 Å². The highest BCUT2D eigenvalue weighted by atomic mass is 32.1. The smallest absolute Gasteiger partial charge is 0.0897 e. The molecule has 0 saturated carbocycles. The molecule has 84 valence electrons. The Morgan fingerprint density at radius 2 is 2.19 bits per heavy atom. The predicted octanol–water partition coefficient (Wildman–Crippen LogP) is 2.40. The maximum Gasteiger partial charge on any atom is 0.0897 e. The van der Waals surface area contributed by atoms with E-state index in [9.17, 15) is 0 Å². The Balaban J connectivity index is 2.13. The van der Waals surface area contributed by atoms with Crippen LogP contribution >= 0.6 is 11.3 Å². The number of nitrogens with zero attached hydrogens (tertiary/aromatic N) is 2. The second-order valence-electron chi connectivity index (χ2n) is 3.86. The molecule has 0 aromatic carbocycles. The van der Waals surface area contributed by atoms with Crippen LogP contribution < -0.4 is 5.73 Å². The molecule has 0 aliphatic heterocycles. The molecule has 0 amide bonds. The van der Waals surface area contributed by atoms with Gasteiger partial charge in [0.05, 0.1) is 5.01 Å². The fraction of sp³-hybridized carbons (Fsp3) is 0.333. The van der Waals surface area contributed by atoms with Gasteiger partial charge < -0.3 is 5.73 Å². The Labute approximate surface area is 99.4 Å². The molecule has 1 atom stereocenters. The monoisotopic (exact) mass is 233 g/mol. The molecule has 0 spiro atoms. The number of hydrogen-bond donors (Lipinski definition) is 1. The number of aromatic nitrogens is 2. The van der Waals surface area contributed by atoms with Crippen molar-refractivity contribution in [1.82, 2.24) is 9.97 Å². The first-order chi connectivity index (χ1) is 7.66. The quantitative estimate of drug-likeness (QED) is 0.885. The minimum Gasteiger partial charge on any atom is -0.323 e. The van der Waals surface area contributed by atoms with Gasteiger partial charge in [0, 0.05) is 35.4 Å². The second kappa shape index (κ2) is 4.72. The van der Waals surface area contributed by atoms with Crippen LogP contribution in [0.2, 0.25) is 0 Å². The van der Waals surface area contributed by atoms with Gasteiger partial charge in [-0.1, -0.05) is 6.07 Å². The summed E-state index contributed by atoms with van der Waals surface area (Å²) in [7, 11) is 0. The van der Waals surface area contributed by atoms with Crippen LogP contribution in [0.1, 0.15) is 27.2 Å². The Morgan fingerprint density at radius 3 is 2.81 bits per heavy atom. The van der Waals surface area contributed by atoms with Gasteiger partial charge in [0.1, 0.15) is 0 Å². The van der Waals surface area contributed by atoms with Crippen molar-refractivity contribution in [2.24, 2.45) is 5.73 Å². The van der Waals surface area contributed by atoms with Gasteiger partial charge in [-0.3, -0.25) is 4.98 Å². The maximum absolute atomic E-state index is 6.14. The summed E-state index contributed by atoms with van der Waals surface area (Å²) in [6, 6.07) is 4.01. The molecule has 0 fully saturated rings. The van der Waals surface area contributed by atoms with Crippen LogP contribution in [0.15, 0.2) is 24.5 Å². The number of rotatable bonds is 3. The van der Waals surface area contributed by atoms with E-state index in [1.807, 2.05) is 25.4 Å². The molecule has 2 heterocycles. The summed E-state index contributed by atoms with van der Waals surface area (Å²) in [6.07, 6.45) is 4.45. The van der Waals surface area contributed by atoms with Gasteiger partial charge in [0.25, 0.3) is 0 Å². The summed E-state index contributed by atoms with van der Waals surface area (Å²) in [6.45, 7) is 4.06. The van der Waals surface area contributed by atoms with Gasteiger partial charge in [0.15, 0.2) is 0 Å². The molecule has 2 aromatic heterocycles. The third kappa shape index (κ3) is 2.46. The zero-order chi connectivity index (χ0) is 11.5. The zero-order valence-electron chi connectivity index (χ0n) is 9.47. The number of nitrogens with two attached hydrogens (primary N) is 1. The van der Waals surface area contributed by atoms with E-state index in [1.54, 1.807) is 11.3 Å². The first kappa shape index (κ1) is 11.2. The van der Waals surface area contributed by atoms with Gasteiger partial charge in [-0.05, 0) is 25.5 Å². The molecule has 0 aliphatic rings. The third-order valence-electron chi connectivity index (χ3n) is 2.54. The van der Waals surface area contributed by atoms with Crippen molar-refractivity contribution in [2.45, 2.75) is 26.3 Å². The Bertz CT molecular complexity index is 479. The van der Waals surface area contributed by atoms with Crippen LogP contribution in [0.25, 0.3) is 0 Å². The predicted molar refractivity (Wildman–Crippen MR) is 66.5 cm³/mol.